The molecule has 7 nitrogen and oxygen atoms in total. The number of nitrogens with zero attached hydrogens (tertiary/aromatic N) is 3. The van der Waals surface area contributed by atoms with Crippen molar-refractivity contribution >= 4 is 34.5 Å². The van der Waals surface area contributed by atoms with Crippen molar-refractivity contribution in [3.05, 3.63) is 11.6 Å². The fourth-order valence-corrected chi connectivity index (χ4v) is 2.13. The molecule has 0 spiro atoms. The third kappa shape index (κ3) is 2.08. The van der Waals surface area contributed by atoms with Crippen LogP contribution >= 0.6 is 11.6 Å². The van der Waals surface area contributed by atoms with Crippen molar-refractivity contribution in [3.8, 4) is 0 Å². The Labute approximate surface area is 107 Å². The molecule has 18 heavy (non-hydrogen) atoms. The average molecular weight is 267 g/mol. The summed E-state index contributed by atoms with van der Waals surface area (Å²) in [6.45, 7) is 0.579. The lowest BCUT2D eigenvalue weighted by molar-refractivity contribution is -0.122. The SMILES string of the molecule is O=C1CCC(Nc2nc(Cl)nc3nc[nH]c23)CN1. The molecule has 94 valence electrons. The number of fused-ring (bicyclic) bond motifs is 1. The second-order valence-electron chi connectivity index (χ2n) is 4.13. The lowest BCUT2D eigenvalue weighted by Gasteiger charge is -2.23. The van der Waals surface area contributed by atoms with Gasteiger partial charge in [-0.25, -0.2) is 4.98 Å². The highest BCUT2D eigenvalue weighted by Crippen LogP contribution is 2.20. The van der Waals surface area contributed by atoms with E-state index in [1.54, 1.807) is 6.33 Å². The number of amides is 1. The number of hydrogen-bond donors (Lipinski definition) is 3. The van der Waals surface area contributed by atoms with E-state index in [0.717, 1.165) is 11.9 Å². The third-order valence-corrected chi connectivity index (χ3v) is 3.03. The van der Waals surface area contributed by atoms with Crippen molar-refractivity contribution in [1.29, 1.82) is 0 Å². The highest BCUT2D eigenvalue weighted by molar-refractivity contribution is 6.28. The number of halogens is 1. The van der Waals surface area contributed by atoms with Crippen molar-refractivity contribution in [2.24, 2.45) is 0 Å². The fraction of sp³-hybridized carbons (Fsp3) is 0.400. The zero-order valence-corrected chi connectivity index (χ0v) is 10.2. The molecule has 1 atom stereocenters. The number of anilines is 1. The summed E-state index contributed by atoms with van der Waals surface area (Å²) in [6.07, 6.45) is 2.83. The summed E-state index contributed by atoms with van der Waals surface area (Å²) in [7, 11) is 0. The zero-order valence-electron chi connectivity index (χ0n) is 9.40. The maximum Gasteiger partial charge on any atom is 0.226 e. The molecule has 8 heteroatoms. The van der Waals surface area contributed by atoms with Crippen LogP contribution in [0.25, 0.3) is 11.2 Å². The molecule has 0 bridgehead atoms. The first-order chi connectivity index (χ1) is 8.72. The van der Waals surface area contributed by atoms with Gasteiger partial charge in [-0.3, -0.25) is 4.79 Å². The molecule has 3 rings (SSSR count). The van der Waals surface area contributed by atoms with E-state index in [4.69, 9.17) is 11.6 Å². The molecule has 3 N–H and O–H groups in total. The van der Waals surface area contributed by atoms with E-state index >= 15 is 0 Å². The highest BCUT2D eigenvalue weighted by atomic mass is 35.5. The van der Waals surface area contributed by atoms with Gasteiger partial charge in [-0.05, 0) is 18.0 Å². The molecule has 0 aliphatic carbocycles. The molecule has 3 heterocycles. The topological polar surface area (TPSA) is 95.6 Å². The van der Waals surface area contributed by atoms with Gasteiger partial charge >= 0.3 is 0 Å². The second kappa shape index (κ2) is 4.41. The number of H-pyrrole nitrogens is 1. The molecular formula is C10H11ClN6O. The van der Waals surface area contributed by atoms with Gasteiger partial charge < -0.3 is 15.6 Å². The van der Waals surface area contributed by atoms with Gasteiger partial charge in [0.15, 0.2) is 11.5 Å². The molecule has 0 saturated carbocycles. The molecule has 0 aromatic carbocycles. The van der Waals surface area contributed by atoms with Crippen LogP contribution in [0, 0.1) is 0 Å². The van der Waals surface area contributed by atoms with Crippen molar-refractivity contribution in [1.82, 2.24) is 25.3 Å². The second-order valence-corrected chi connectivity index (χ2v) is 4.46. The van der Waals surface area contributed by atoms with Gasteiger partial charge in [0, 0.05) is 19.0 Å². The van der Waals surface area contributed by atoms with Gasteiger partial charge in [0.05, 0.1) is 6.33 Å². The zero-order chi connectivity index (χ0) is 12.5. The normalized spacial score (nSPS) is 19.8. The summed E-state index contributed by atoms with van der Waals surface area (Å²) < 4.78 is 0. The molecule has 1 aliphatic heterocycles. The Hall–Kier alpha value is -1.89. The smallest absolute Gasteiger partial charge is 0.226 e. The molecule has 1 saturated heterocycles. The maximum atomic E-state index is 11.1. The van der Waals surface area contributed by atoms with Crippen LogP contribution in [0.3, 0.4) is 0 Å². The van der Waals surface area contributed by atoms with Gasteiger partial charge in [0.2, 0.25) is 11.2 Å². The minimum Gasteiger partial charge on any atom is -0.364 e. The quantitative estimate of drug-likeness (QED) is 0.696. The summed E-state index contributed by atoms with van der Waals surface area (Å²) >= 11 is 5.84. The van der Waals surface area contributed by atoms with E-state index in [-0.39, 0.29) is 17.2 Å². The van der Waals surface area contributed by atoms with Crippen LogP contribution in [0.15, 0.2) is 6.33 Å². The molecule has 1 unspecified atom stereocenters. The first kappa shape index (κ1) is 11.2. The van der Waals surface area contributed by atoms with Gasteiger partial charge in [-0.2, -0.15) is 9.97 Å². The van der Waals surface area contributed by atoms with Crippen LogP contribution in [0.4, 0.5) is 5.82 Å². The van der Waals surface area contributed by atoms with Crippen molar-refractivity contribution in [2.75, 3.05) is 11.9 Å². The maximum absolute atomic E-state index is 11.1. The Kier molecular flexibility index (Phi) is 2.75. The van der Waals surface area contributed by atoms with E-state index in [0.29, 0.717) is 24.4 Å². The van der Waals surface area contributed by atoms with E-state index in [1.807, 2.05) is 0 Å². The van der Waals surface area contributed by atoms with Crippen LogP contribution in [-0.2, 0) is 4.79 Å². The van der Waals surface area contributed by atoms with Crippen molar-refractivity contribution in [3.63, 3.8) is 0 Å². The molecule has 2 aromatic rings. The summed E-state index contributed by atoms with van der Waals surface area (Å²) in [5.41, 5.74) is 1.24. The number of aromatic amines is 1. The third-order valence-electron chi connectivity index (χ3n) is 2.86. The molecule has 1 aliphatic rings. The average Bonchev–Trinajstić information content (AvgIpc) is 2.80. The largest absolute Gasteiger partial charge is 0.364 e. The first-order valence-electron chi connectivity index (χ1n) is 5.62. The molecule has 2 aromatic heterocycles. The lowest BCUT2D eigenvalue weighted by Crippen LogP contribution is -2.42. The van der Waals surface area contributed by atoms with Gasteiger partial charge in [-0.1, -0.05) is 0 Å². The van der Waals surface area contributed by atoms with Gasteiger partial charge in [0.1, 0.15) is 5.52 Å². The number of rotatable bonds is 2. The number of hydrogen-bond acceptors (Lipinski definition) is 5. The predicted molar refractivity (Wildman–Crippen MR) is 66.3 cm³/mol. The number of aromatic nitrogens is 4. The molecule has 0 radical (unpaired) electrons. The van der Waals surface area contributed by atoms with Crippen molar-refractivity contribution in [2.45, 2.75) is 18.9 Å². The van der Waals surface area contributed by atoms with E-state index < -0.39 is 0 Å². The van der Waals surface area contributed by atoms with Crippen LogP contribution in [0.5, 0.6) is 0 Å². The van der Waals surface area contributed by atoms with Gasteiger partial charge in [-0.15, -0.1) is 0 Å². The minimum absolute atomic E-state index is 0.0838. The summed E-state index contributed by atoms with van der Waals surface area (Å²) in [4.78, 5) is 26.2. The van der Waals surface area contributed by atoms with Crippen LogP contribution < -0.4 is 10.6 Å². The number of carbonyl (C=O) groups is 1. The Balaban J connectivity index is 1.85. The predicted octanol–water partition coefficient (Wildman–Crippen LogP) is 0.697. The minimum atomic E-state index is 0.0838. The van der Waals surface area contributed by atoms with E-state index in [2.05, 4.69) is 30.6 Å². The molecule has 1 fully saturated rings. The monoisotopic (exact) mass is 266 g/mol. The first-order valence-corrected chi connectivity index (χ1v) is 6.00. The highest BCUT2D eigenvalue weighted by Gasteiger charge is 2.19. The Morgan fingerprint density at radius 1 is 1.44 bits per heavy atom. The standard InChI is InChI=1S/C10H11ClN6O/c11-10-16-8-7(13-4-14-8)9(17-10)15-5-1-2-6(18)12-3-5/h4-5H,1-3H2,(H,12,18)(H2,13,14,15,16,17). The van der Waals surface area contributed by atoms with Crippen LogP contribution in [0.1, 0.15) is 12.8 Å². The molecule has 1 amide bonds. The van der Waals surface area contributed by atoms with Crippen molar-refractivity contribution < 1.29 is 4.79 Å². The number of imidazole rings is 1. The number of nitrogens with one attached hydrogen (secondary N) is 3. The summed E-state index contributed by atoms with van der Waals surface area (Å²) in [5, 5.41) is 6.20. The van der Waals surface area contributed by atoms with Crippen LogP contribution in [-0.4, -0.2) is 38.4 Å². The Morgan fingerprint density at radius 2 is 2.33 bits per heavy atom. The van der Waals surface area contributed by atoms with E-state index in [1.165, 1.54) is 0 Å². The lowest BCUT2D eigenvalue weighted by atomic mass is 10.1. The van der Waals surface area contributed by atoms with E-state index in [9.17, 15) is 4.79 Å². The summed E-state index contributed by atoms with van der Waals surface area (Å²) in [6, 6.07) is 0.139. The van der Waals surface area contributed by atoms with Gasteiger partial charge in [0.25, 0.3) is 0 Å². The Bertz CT molecular complexity index is 587. The summed E-state index contributed by atoms with van der Waals surface area (Å²) in [5.74, 6) is 0.698. The fourth-order valence-electron chi connectivity index (χ4n) is 1.96. The van der Waals surface area contributed by atoms with Crippen LogP contribution in [0.2, 0.25) is 5.28 Å². The number of carbonyl (C=O) groups excluding carboxylic acids is 1. The Morgan fingerprint density at radius 3 is 3.11 bits per heavy atom. The molecular weight excluding hydrogens is 256 g/mol. The number of piperidine rings is 1.